The second-order valence-electron chi connectivity index (χ2n) is 12.2. The zero-order chi connectivity index (χ0) is 32.5. The summed E-state index contributed by atoms with van der Waals surface area (Å²) in [6, 6.07) is 25.9. The minimum atomic E-state index is -3.71. The molecule has 46 heavy (non-hydrogen) atoms. The number of rotatable bonds is 10. The number of nitrogens with two attached hydrogens (primary N) is 1. The smallest absolute Gasteiger partial charge is 0.355 e. The first-order valence-electron chi connectivity index (χ1n) is 14.9. The lowest BCUT2D eigenvalue weighted by atomic mass is 10.0. The van der Waals surface area contributed by atoms with Gasteiger partial charge < -0.3 is 19.6 Å². The number of esters is 1. The third-order valence-electron chi connectivity index (χ3n) is 7.76. The van der Waals surface area contributed by atoms with Crippen LogP contribution in [0, 0.1) is 0 Å². The van der Waals surface area contributed by atoms with E-state index in [0.717, 1.165) is 27.4 Å². The molecule has 0 saturated heterocycles. The number of pyridine rings is 1. The van der Waals surface area contributed by atoms with E-state index < -0.39 is 16.0 Å². The maximum absolute atomic E-state index is 13.7. The number of benzene rings is 3. The van der Waals surface area contributed by atoms with Gasteiger partial charge in [0.25, 0.3) is 0 Å². The van der Waals surface area contributed by atoms with Crippen LogP contribution in [0.15, 0.2) is 97.5 Å². The van der Waals surface area contributed by atoms with Gasteiger partial charge in [0.05, 0.1) is 36.2 Å². The normalized spacial score (nSPS) is 12.1. The zero-order valence-electron chi connectivity index (χ0n) is 26.0. The van der Waals surface area contributed by atoms with Crippen molar-refractivity contribution in [1.82, 2.24) is 19.1 Å². The SMILES string of the molecule is CC(C)(C)n1cncc1COC(=O)c1cc2ccc(CN)nc2n1Cc1cc(NS(=O)(=O)Cc2ccccc2)cc2ccccc12. The number of nitrogens with zero attached hydrogens (tertiary/aromatic N) is 4. The summed E-state index contributed by atoms with van der Waals surface area (Å²) in [5.74, 6) is -0.674. The first-order chi connectivity index (χ1) is 22.0. The van der Waals surface area contributed by atoms with E-state index in [4.69, 9.17) is 15.5 Å². The van der Waals surface area contributed by atoms with Gasteiger partial charge in [0.15, 0.2) is 0 Å². The van der Waals surface area contributed by atoms with Crippen LogP contribution >= 0.6 is 0 Å². The number of anilines is 1. The molecule has 0 aliphatic heterocycles. The second-order valence-corrected chi connectivity index (χ2v) is 14.0. The number of aromatic nitrogens is 4. The van der Waals surface area contributed by atoms with Crippen LogP contribution in [0.4, 0.5) is 5.69 Å². The molecule has 0 amide bonds. The van der Waals surface area contributed by atoms with Gasteiger partial charge in [-0.05, 0) is 73.0 Å². The Labute approximate surface area is 267 Å². The average molecular weight is 637 g/mol. The van der Waals surface area contributed by atoms with Crippen LogP contribution in [0.25, 0.3) is 21.8 Å². The Morgan fingerprint density at radius 3 is 2.48 bits per heavy atom. The van der Waals surface area contributed by atoms with Gasteiger partial charge in [-0.15, -0.1) is 0 Å². The summed E-state index contributed by atoms with van der Waals surface area (Å²) >= 11 is 0. The van der Waals surface area contributed by atoms with Crippen molar-refractivity contribution < 1.29 is 17.9 Å². The van der Waals surface area contributed by atoms with Crippen LogP contribution in [0.5, 0.6) is 0 Å². The van der Waals surface area contributed by atoms with Crippen LogP contribution < -0.4 is 10.5 Å². The molecule has 0 atom stereocenters. The highest BCUT2D eigenvalue weighted by molar-refractivity contribution is 7.91. The molecule has 0 aliphatic rings. The van der Waals surface area contributed by atoms with E-state index in [2.05, 4.69) is 30.5 Å². The Balaban J connectivity index is 1.38. The van der Waals surface area contributed by atoms with E-state index in [9.17, 15) is 13.2 Å². The van der Waals surface area contributed by atoms with Crippen molar-refractivity contribution in [2.24, 2.45) is 5.73 Å². The first-order valence-corrected chi connectivity index (χ1v) is 16.6. The maximum atomic E-state index is 13.7. The third-order valence-corrected chi connectivity index (χ3v) is 9.02. The summed E-state index contributed by atoms with van der Waals surface area (Å²) in [6.45, 7) is 6.67. The van der Waals surface area contributed by atoms with Gasteiger partial charge >= 0.3 is 5.97 Å². The van der Waals surface area contributed by atoms with Gasteiger partial charge in [-0.1, -0.05) is 54.6 Å². The number of nitrogens with one attached hydrogen (secondary N) is 1. The molecule has 3 aromatic heterocycles. The largest absolute Gasteiger partial charge is 0.455 e. The van der Waals surface area contributed by atoms with E-state index >= 15 is 0 Å². The predicted molar refractivity (Wildman–Crippen MR) is 180 cm³/mol. The molecule has 0 spiro atoms. The van der Waals surface area contributed by atoms with Crippen LogP contribution in [0.2, 0.25) is 0 Å². The van der Waals surface area contributed by atoms with Gasteiger partial charge in [0, 0.05) is 23.2 Å². The summed E-state index contributed by atoms with van der Waals surface area (Å²) < 4.78 is 38.7. The molecule has 11 heteroatoms. The van der Waals surface area contributed by atoms with Gasteiger partial charge in [-0.25, -0.2) is 23.2 Å². The minimum absolute atomic E-state index is 0.0424. The van der Waals surface area contributed by atoms with Crippen molar-refractivity contribution in [3.8, 4) is 0 Å². The molecule has 0 saturated carbocycles. The number of sulfonamides is 1. The predicted octanol–water partition coefficient (Wildman–Crippen LogP) is 5.95. The Hall–Kier alpha value is -5.00. The van der Waals surface area contributed by atoms with Crippen LogP contribution in [0.1, 0.15) is 53.8 Å². The van der Waals surface area contributed by atoms with Crippen molar-refractivity contribution in [3.05, 3.63) is 126 Å². The van der Waals surface area contributed by atoms with Crippen LogP contribution in [0.3, 0.4) is 0 Å². The van der Waals surface area contributed by atoms with Crippen molar-refractivity contribution in [3.63, 3.8) is 0 Å². The van der Waals surface area contributed by atoms with Gasteiger partial charge in [0.1, 0.15) is 17.9 Å². The number of carbonyl (C=O) groups excluding carboxylic acids is 1. The lowest BCUT2D eigenvalue weighted by Crippen LogP contribution is -2.24. The molecular formula is C35H36N6O4S. The number of imidazole rings is 1. The Bertz CT molecular complexity index is 2150. The summed E-state index contributed by atoms with van der Waals surface area (Å²) in [7, 11) is -3.71. The topological polar surface area (TPSA) is 134 Å². The molecule has 6 rings (SSSR count). The summed E-state index contributed by atoms with van der Waals surface area (Å²) in [4.78, 5) is 22.7. The van der Waals surface area contributed by atoms with Crippen molar-refractivity contribution in [2.45, 2.75) is 51.8 Å². The fourth-order valence-corrected chi connectivity index (χ4v) is 6.80. The lowest BCUT2D eigenvalue weighted by molar-refractivity contribution is 0.0447. The average Bonchev–Trinajstić information content (AvgIpc) is 3.65. The number of hydrogen-bond acceptors (Lipinski definition) is 7. The molecule has 10 nitrogen and oxygen atoms in total. The molecular weight excluding hydrogens is 600 g/mol. The Kier molecular flexibility index (Phi) is 8.37. The maximum Gasteiger partial charge on any atom is 0.355 e. The van der Waals surface area contributed by atoms with Crippen molar-refractivity contribution in [2.75, 3.05) is 4.72 Å². The molecule has 3 aromatic carbocycles. The van der Waals surface area contributed by atoms with E-state index in [1.54, 1.807) is 36.8 Å². The molecule has 0 unspecified atom stereocenters. The summed E-state index contributed by atoms with van der Waals surface area (Å²) in [5.41, 5.74) is 9.95. The number of ether oxygens (including phenoxy) is 1. The molecule has 0 aliphatic carbocycles. The monoisotopic (exact) mass is 636 g/mol. The van der Waals surface area contributed by atoms with Gasteiger partial charge in [-0.3, -0.25) is 4.72 Å². The molecule has 6 aromatic rings. The number of fused-ring (bicyclic) bond motifs is 2. The van der Waals surface area contributed by atoms with E-state index in [1.165, 1.54) is 0 Å². The highest BCUT2D eigenvalue weighted by atomic mass is 32.2. The van der Waals surface area contributed by atoms with E-state index in [1.807, 2.05) is 69.8 Å². The molecule has 0 radical (unpaired) electrons. The minimum Gasteiger partial charge on any atom is -0.455 e. The molecule has 0 bridgehead atoms. The summed E-state index contributed by atoms with van der Waals surface area (Å²) in [6.07, 6.45) is 3.42. The standard InChI is InChI=1S/C35H36N6O4S/c1-35(2,3)41-23-37-19-30(41)21-45-34(42)32-17-26-13-14-28(18-36)38-33(26)40(32)20-27-16-29(15-25-11-7-8-12-31(25)27)39-46(43,44)22-24-9-5-4-6-10-24/h4-17,19,23,39H,18,20-22,36H2,1-3H3. The fourth-order valence-electron chi connectivity index (χ4n) is 5.62. The number of hydrogen-bond donors (Lipinski definition) is 2. The first kappa shape index (κ1) is 31.0. The fraction of sp³-hybridized carbons (Fsp3) is 0.229. The third kappa shape index (κ3) is 6.65. The lowest BCUT2D eigenvalue weighted by Gasteiger charge is -2.23. The van der Waals surface area contributed by atoms with E-state index in [0.29, 0.717) is 28.3 Å². The molecule has 236 valence electrons. The van der Waals surface area contributed by atoms with E-state index in [-0.39, 0.29) is 31.0 Å². The number of carbonyl (C=O) groups is 1. The van der Waals surface area contributed by atoms with Crippen molar-refractivity contribution in [1.29, 1.82) is 0 Å². The molecule has 3 heterocycles. The molecule has 3 N–H and O–H groups in total. The van der Waals surface area contributed by atoms with Crippen molar-refractivity contribution >= 4 is 43.5 Å². The zero-order valence-corrected chi connectivity index (χ0v) is 26.8. The summed E-state index contributed by atoms with van der Waals surface area (Å²) in [5, 5.41) is 2.52. The van der Waals surface area contributed by atoms with Crippen LogP contribution in [-0.4, -0.2) is 33.5 Å². The Morgan fingerprint density at radius 2 is 1.72 bits per heavy atom. The second kappa shape index (κ2) is 12.4. The van der Waals surface area contributed by atoms with Crippen LogP contribution in [-0.2, 0) is 45.7 Å². The quantitative estimate of drug-likeness (QED) is 0.178. The van der Waals surface area contributed by atoms with Gasteiger partial charge in [-0.2, -0.15) is 0 Å². The highest BCUT2D eigenvalue weighted by Crippen LogP contribution is 2.29. The van der Waals surface area contributed by atoms with Gasteiger partial charge in [0.2, 0.25) is 10.0 Å². The Morgan fingerprint density at radius 1 is 0.957 bits per heavy atom. The highest BCUT2D eigenvalue weighted by Gasteiger charge is 2.22. The molecule has 0 fully saturated rings.